The molecule has 1 saturated heterocycles. The fourth-order valence-electron chi connectivity index (χ4n) is 3.97. The molecule has 0 aliphatic carbocycles. The number of amides is 2. The molecule has 1 unspecified atom stereocenters. The fraction of sp³-hybridized carbons (Fsp3) is 0.364. The summed E-state index contributed by atoms with van der Waals surface area (Å²) >= 11 is 1.47. The SMILES string of the molecule is Cc1ccc(N2C(=O)C(c3cccs3)=C(N3CCCC(CO)C3)C2=O)cc1C. The molecule has 146 valence electrons. The smallest absolute Gasteiger partial charge is 0.282 e. The van der Waals surface area contributed by atoms with E-state index in [1.165, 1.54) is 16.2 Å². The van der Waals surface area contributed by atoms with E-state index in [1.807, 2.05) is 54.5 Å². The molecule has 0 saturated carbocycles. The second kappa shape index (κ2) is 7.53. The van der Waals surface area contributed by atoms with Crippen LogP contribution in [0.25, 0.3) is 5.57 Å². The predicted octanol–water partition coefficient (Wildman–Crippen LogP) is 3.35. The third kappa shape index (κ3) is 3.16. The van der Waals surface area contributed by atoms with Crippen molar-refractivity contribution in [2.75, 3.05) is 24.6 Å². The van der Waals surface area contributed by atoms with Gasteiger partial charge in [-0.05, 0) is 67.3 Å². The number of rotatable bonds is 4. The number of aliphatic hydroxyl groups excluding tert-OH is 1. The van der Waals surface area contributed by atoms with Crippen LogP contribution in [0.3, 0.4) is 0 Å². The van der Waals surface area contributed by atoms with Crippen LogP contribution in [-0.2, 0) is 9.59 Å². The Hall–Kier alpha value is -2.44. The van der Waals surface area contributed by atoms with Crippen LogP contribution in [0, 0.1) is 19.8 Å². The number of aliphatic hydroxyl groups is 1. The van der Waals surface area contributed by atoms with Crippen LogP contribution in [0.2, 0.25) is 0 Å². The van der Waals surface area contributed by atoms with Crippen molar-refractivity contribution in [3.8, 4) is 0 Å². The van der Waals surface area contributed by atoms with E-state index >= 15 is 0 Å². The van der Waals surface area contributed by atoms with Crippen LogP contribution in [0.1, 0.15) is 28.8 Å². The first-order valence-electron chi connectivity index (χ1n) is 9.61. The van der Waals surface area contributed by atoms with Crippen molar-refractivity contribution in [1.29, 1.82) is 0 Å². The third-order valence-electron chi connectivity index (χ3n) is 5.67. The van der Waals surface area contributed by atoms with Gasteiger partial charge in [0, 0.05) is 24.6 Å². The lowest BCUT2D eigenvalue weighted by atomic mass is 9.98. The van der Waals surface area contributed by atoms with E-state index in [1.54, 1.807) is 0 Å². The van der Waals surface area contributed by atoms with Gasteiger partial charge in [0.2, 0.25) is 0 Å². The Kier molecular flexibility index (Phi) is 5.08. The van der Waals surface area contributed by atoms with Gasteiger partial charge in [-0.15, -0.1) is 11.3 Å². The summed E-state index contributed by atoms with van der Waals surface area (Å²) in [6.07, 6.45) is 1.84. The molecule has 6 heteroatoms. The fourth-order valence-corrected chi connectivity index (χ4v) is 4.73. The van der Waals surface area contributed by atoms with Gasteiger partial charge in [0.05, 0.1) is 11.3 Å². The average Bonchev–Trinajstić information content (AvgIpc) is 3.30. The summed E-state index contributed by atoms with van der Waals surface area (Å²) in [4.78, 5) is 31.0. The molecule has 2 aliphatic heterocycles. The number of piperidine rings is 1. The van der Waals surface area contributed by atoms with Crippen molar-refractivity contribution in [2.24, 2.45) is 5.92 Å². The Balaban J connectivity index is 1.79. The number of nitrogens with zero attached hydrogens (tertiary/aromatic N) is 2. The zero-order valence-electron chi connectivity index (χ0n) is 16.1. The number of hydrogen-bond acceptors (Lipinski definition) is 5. The Morgan fingerprint density at radius 2 is 1.96 bits per heavy atom. The number of carbonyl (C=O) groups excluding carboxylic acids is 2. The maximum Gasteiger partial charge on any atom is 0.282 e. The number of benzene rings is 1. The number of imide groups is 1. The maximum absolute atomic E-state index is 13.5. The minimum atomic E-state index is -0.268. The summed E-state index contributed by atoms with van der Waals surface area (Å²) in [6, 6.07) is 9.46. The highest BCUT2D eigenvalue weighted by Crippen LogP contribution is 2.38. The third-order valence-corrected chi connectivity index (χ3v) is 6.56. The van der Waals surface area contributed by atoms with Crippen LogP contribution in [0.15, 0.2) is 41.4 Å². The largest absolute Gasteiger partial charge is 0.396 e. The summed E-state index contributed by atoms with van der Waals surface area (Å²) in [6.45, 7) is 5.41. The molecule has 2 aromatic rings. The van der Waals surface area contributed by atoms with Crippen molar-refractivity contribution in [3.05, 3.63) is 57.4 Å². The molecule has 0 spiro atoms. The van der Waals surface area contributed by atoms with Crippen molar-refractivity contribution in [3.63, 3.8) is 0 Å². The zero-order chi connectivity index (χ0) is 19.8. The normalized spacial score (nSPS) is 20.5. The molecule has 0 bridgehead atoms. The molecule has 5 nitrogen and oxygen atoms in total. The van der Waals surface area contributed by atoms with Crippen LogP contribution in [0.4, 0.5) is 5.69 Å². The Morgan fingerprint density at radius 1 is 1.14 bits per heavy atom. The van der Waals surface area contributed by atoms with E-state index in [0.29, 0.717) is 23.5 Å². The molecule has 4 rings (SSSR count). The van der Waals surface area contributed by atoms with Gasteiger partial charge in [0.1, 0.15) is 5.70 Å². The quantitative estimate of drug-likeness (QED) is 0.805. The van der Waals surface area contributed by atoms with E-state index in [2.05, 4.69) is 0 Å². The van der Waals surface area contributed by atoms with E-state index in [0.717, 1.165) is 35.4 Å². The van der Waals surface area contributed by atoms with Gasteiger partial charge >= 0.3 is 0 Å². The van der Waals surface area contributed by atoms with E-state index < -0.39 is 0 Å². The molecule has 28 heavy (non-hydrogen) atoms. The minimum absolute atomic E-state index is 0.0983. The Morgan fingerprint density at radius 3 is 2.64 bits per heavy atom. The lowest BCUT2D eigenvalue weighted by molar-refractivity contribution is -0.120. The van der Waals surface area contributed by atoms with Crippen LogP contribution in [0.5, 0.6) is 0 Å². The molecule has 1 aromatic heterocycles. The van der Waals surface area contributed by atoms with Crippen LogP contribution < -0.4 is 4.90 Å². The van der Waals surface area contributed by atoms with Gasteiger partial charge in [0.25, 0.3) is 11.8 Å². The molecule has 1 aromatic carbocycles. The Bertz CT molecular complexity index is 949. The molecule has 0 radical (unpaired) electrons. The molecular weight excluding hydrogens is 372 g/mol. The summed E-state index contributed by atoms with van der Waals surface area (Å²) < 4.78 is 0. The van der Waals surface area contributed by atoms with E-state index in [9.17, 15) is 14.7 Å². The number of aryl methyl sites for hydroxylation is 2. The van der Waals surface area contributed by atoms with Crippen molar-refractivity contribution >= 4 is 34.4 Å². The first-order valence-corrected chi connectivity index (χ1v) is 10.5. The first kappa shape index (κ1) is 18.9. The van der Waals surface area contributed by atoms with Gasteiger partial charge in [-0.2, -0.15) is 0 Å². The molecule has 1 N–H and O–H groups in total. The summed E-state index contributed by atoms with van der Waals surface area (Å²) in [5, 5.41) is 11.5. The number of hydrogen-bond donors (Lipinski definition) is 1. The number of carbonyl (C=O) groups is 2. The number of likely N-dealkylation sites (tertiary alicyclic amines) is 1. The molecule has 2 aliphatic rings. The lowest BCUT2D eigenvalue weighted by Gasteiger charge is -2.34. The van der Waals surface area contributed by atoms with Gasteiger partial charge in [-0.1, -0.05) is 12.1 Å². The summed E-state index contributed by atoms with van der Waals surface area (Å²) in [5.41, 5.74) is 3.73. The van der Waals surface area contributed by atoms with Crippen molar-refractivity contribution in [1.82, 2.24) is 4.90 Å². The second-order valence-corrected chi connectivity index (χ2v) is 8.50. The van der Waals surface area contributed by atoms with Crippen molar-refractivity contribution in [2.45, 2.75) is 26.7 Å². The van der Waals surface area contributed by atoms with E-state index in [-0.39, 0.29) is 24.3 Å². The molecular formula is C22H24N2O3S. The summed E-state index contributed by atoms with van der Waals surface area (Å²) in [7, 11) is 0. The molecule has 1 atom stereocenters. The van der Waals surface area contributed by atoms with Crippen molar-refractivity contribution < 1.29 is 14.7 Å². The lowest BCUT2D eigenvalue weighted by Crippen LogP contribution is -2.40. The Labute approximate surface area is 168 Å². The standard InChI is InChI=1S/C22H24N2O3S/c1-14-7-8-17(11-15(14)2)24-21(26)19(18-6-4-10-28-18)20(22(24)27)23-9-3-5-16(12-23)13-25/h4,6-8,10-11,16,25H,3,5,9,12-13H2,1-2H3. The highest BCUT2D eigenvalue weighted by molar-refractivity contribution is 7.11. The predicted molar refractivity (Wildman–Crippen MR) is 111 cm³/mol. The second-order valence-electron chi connectivity index (χ2n) is 7.55. The van der Waals surface area contributed by atoms with Crippen LogP contribution in [-0.4, -0.2) is 41.5 Å². The summed E-state index contributed by atoms with van der Waals surface area (Å²) in [5.74, 6) is -0.406. The van der Waals surface area contributed by atoms with Crippen LogP contribution >= 0.6 is 11.3 Å². The molecule has 3 heterocycles. The average molecular weight is 397 g/mol. The minimum Gasteiger partial charge on any atom is -0.396 e. The topological polar surface area (TPSA) is 60.9 Å². The van der Waals surface area contributed by atoms with Gasteiger partial charge in [-0.25, -0.2) is 4.90 Å². The van der Waals surface area contributed by atoms with Gasteiger partial charge < -0.3 is 10.0 Å². The monoisotopic (exact) mass is 396 g/mol. The molecule has 1 fully saturated rings. The van der Waals surface area contributed by atoms with E-state index in [4.69, 9.17) is 0 Å². The maximum atomic E-state index is 13.5. The number of anilines is 1. The molecule has 2 amide bonds. The highest BCUT2D eigenvalue weighted by atomic mass is 32.1. The zero-order valence-corrected chi connectivity index (χ0v) is 17.0. The highest BCUT2D eigenvalue weighted by Gasteiger charge is 2.43. The van der Waals surface area contributed by atoms with Gasteiger partial charge in [-0.3, -0.25) is 9.59 Å². The first-order chi connectivity index (χ1) is 13.5. The number of thiophene rings is 1. The van der Waals surface area contributed by atoms with Gasteiger partial charge in [0.15, 0.2) is 0 Å².